The number of rotatable bonds is 5. The van der Waals surface area contributed by atoms with E-state index < -0.39 is 0 Å². The van der Waals surface area contributed by atoms with Gasteiger partial charge in [0.05, 0.1) is 6.21 Å². The zero-order valence-corrected chi connectivity index (χ0v) is 11.0. The fourth-order valence-corrected chi connectivity index (χ4v) is 1.11. The maximum absolute atomic E-state index is 4.40. The van der Waals surface area contributed by atoms with E-state index in [0.717, 1.165) is 11.5 Å². The van der Waals surface area contributed by atoms with Gasteiger partial charge in [0.2, 0.25) is 0 Å². The predicted octanol–water partition coefficient (Wildman–Crippen LogP) is 3.09. The Balaban J connectivity index is 2.97. The van der Waals surface area contributed by atoms with Crippen molar-refractivity contribution >= 4 is 12.4 Å². The van der Waals surface area contributed by atoms with Crippen molar-refractivity contribution in [1.29, 1.82) is 0 Å². The highest BCUT2D eigenvalue weighted by atomic mass is 15.3. The second kappa shape index (κ2) is 5.57. The molecule has 0 saturated heterocycles. The molecule has 0 fully saturated rings. The Morgan fingerprint density at radius 3 is 2.47 bits per heavy atom. The summed E-state index contributed by atoms with van der Waals surface area (Å²) in [7, 11) is 0. The highest BCUT2D eigenvalue weighted by molar-refractivity contribution is 5.76. The summed E-state index contributed by atoms with van der Waals surface area (Å²) < 4.78 is 1.63. The Morgan fingerprint density at radius 1 is 1.35 bits per heavy atom. The average Bonchev–Trinajstić information content (AvgIpc) is 2.68. The number of hydrogen-bond acceptors (Lipinski definition) is 3. The van der Waals surface area contributed by atoms with Crippen LogP contribution in [0.4, 0.5) is 0 Å². The van der Waals surface area contributed by atoms with E-state index in [4.69, 9.17) is 0 Å². The van der Waals surface area contributed by atoms with Crippen molar-refractivity contribution < 1.29 is 0 Å². The topological polar surface area (TPSA) is 43.1 Å². The van der Waals surface area contributed by atoms with Crippen molar-refractivity contribution in [2.24, 2.45) is 10.9 Å². The van der Waals surface area contributed by atoms with Gasteiger partial charge in [0.25, 0.3) is 0 Å². The Labute approximate surface area is 103 Å². The van der Waals surface area contributed by atoms with Crippen LogP contribution < -0.4 is 0 Å². The lowest BCUT2D eigenvalue weighted by molar-refractivity contribution is 0.762. The Morgan fingerprint density at radius 2 is 2.00 bits per heavy atom. The monoisotopic (exact) mass is 232 g/mol. The smallest absolute Gasteiger partial charge is 0.173 e. The van der Waals surface area contributed by atoms with Crippen LogP contribution in [0.2, 0.25) is 0 Å². The number of aromatic nitrogens is 3. The van der Waals surface area contributed by atoms with Gasteiger partial charge in [0, 0.05) is 17.8 Å². The molecule has 1 aromatic heterocycles. The van der Waals surface area contributed by atoms with Crippen molar-refractivity contribution in [3.8, 4) is 0 Å². The van der Waals surface area contributed by atoms with E-state index in [9.17, 15) is 0 Å². The quantitative estimate of drug-likeness (QED) is 0.732. The molecule has 0 radical (unpaired) electrons. The molecule has 0 aromatic carbocycles. The average molecular weight is 232 g/mol. The van der Waals surface area contributed by atoms with Crippen LogP contribution in [0.1, 0.15) is 45.3 Å². The molecule has 1 rings (SSSR count). The van der Waals surface area contributed by atoms with Gasteiger partial charge >= 0.3 is 0 Å². The van der Waals surface area contributed by atoms with Gasteiger partial charge in [0.1, 0.15) is 0 Å². The van der Waals surface area contributed by atoms with E-state index in [0.29, 0.717) is 11.7 Å². The molecular weight excluding hydrogens is 212 g/mol. The minimum Gasteiger partial charge on any atom is -0.258 e. The van der Waals surface area contributed by atoms with Gasteiger partial charge in [0.15, 0.2) is 11.6 Å². The summed E-state index contributed by atoms with van der Waals surface area (Å²) in [6.07, 6.45) is 3.31. The van der Waals surface area contributed by atoms with Gasteiger partial charge in [-0.25, -0.2) is 9.67 Å². The van der Waals surface area contributed by atoms with E-state index in [1.807, 2.05) is 0 Å². The molecule has 0 aliphatic rings. The molecule has 4 heteroatoms. The van der Waals surface area contributed by atoms with Gasteiger partial charge in [-0.15, -0.1) is 0 Å². The van der Waals surface area contributed by atoms with Crippen molar-refractivity contribution in [3.05, 3.63) is 30.5 Å². The van der Waals surface area contributed by atoms with Crippen molar-refractivity contribution in [1.82, 2.24) is 14.8 Å². The van der Waals surface area contributed by atoms with Crippen LogP contribution in [0.25, 0.3) is 6.20 Å². The second-order valence-electron chi connectivity index (χ2n) is 4.51. The third-order valence-corrected chi connectivity index (χ3v) is 2.38. The van der Waals surface area contributed by atoms with Crippen molar-refractivity contribution in [3.63, 3.8) is 0 Å². The van der Waals surface area contributed by atoms with E-state index in [-0.39, 0.29) is 5.92 Å². The summed E-state index contributed by atoms with van der Waals surface area (Å²) in [5.74, 6) is 2.10. The van der Waals surface area contributed by atoms with Gasteiger partial charge in [-0.05, 0) is 5.92 Å². The Kier molecular flexibility index (Phi) is 4.37. The van der Waals surface area contributed by atoms with Gasteiger partial charge in [-0.1, -0.05) is 40.9 Å². The third-order valence-electron chi connectivity index (χ3n) is 2.38. The summed E-state index contributed by atoms with van der Waals surface area (Å²) in [5.41, 5.74) is 0.828. The van der Waals surface area contributed by atoms with Crippen molar-refractivity contribution in [2.75, 3.05) is 0 Å². The van der Waals surface area contributed by atoms with E-state index in [1.165, 1.54) is 0 Å². The van der Waals surface area contributed by atoms with Gasteiger partial charge in [-0.2, -0.15) is 5.10 Å². The molecule has 1 aromatic rings. The molecule has 0 atom stereocenters. The number of hydrogen-bond donors (Lipinski definition) is 0. The molecule has 0 aliphatic heterocycles. The minimum atomic E-state index is 0.289. The van der Waals surface area contributed by atoms with Crippen LogP contribution in [0.3, 0.4) is 0 Å². The highest BCUT2D eigenvalue weighted by Gasteiger charge is 2.09. The molecule has 0 spiro atoms. The molecule has 0 N–H and O–H groups in total. The van der Waals surface area contributed by atoms with E-state index in [2.05, 4.69) is 55.9 Å². The zero-order chi connectivity index (χ0) is 13.0. The number of nitrogens with zero attached hydrogens (tertiary/aromatic N) is 4. The molecule has 0 unspecified atom stereocenters. The third kappa shape index (κ3) is 3.37. The molecule has 4 nitrogen and oxygen atoms in total. The molecule has 0 saturated carbocycles. The second-order valence-corrected chi connectivity index (χ2v) is 4.51. The Bertz CT molecular complexity index is 438. The van der Waals surface area contributed by atoms with Crippen LogP contribution in [-0.2, 0) is 0 Å². The molecular formula is C13H20N4. The van der Waals surface area contributed by atoms with Crippen LogP contribution in [0.5, 0.6) is 0 Å². The first kappa shape index (κ1) is 13.4. The molecule has 1 heterocycles. The first-order chi connectivity index (χ1) is 7.95. The largest absolute Gasteiger partial charge is 0.258 e. The summed E-state index contributed by atoms with van der Waals surface area (Å²) in [6.45, 7) is 15.8. The molecule has 0 bridgehead atoms. The van der Waals surface area contributed by atoms with Crippen molar-refractivity contribution in [2.45, 2.75) is 33.6 Å². The summed E-state index contributed by atoms with van der Waals surface area (Å²) >= 11 is 0. The first-order valence-electron chi connectivity index (χ1n) is 5.77. The molecule has 17 heavy (non-hydrogen) atoms. The lowest BCUT2D eigenvalue weighted by atomic mass is 10.2. The fourth-order valence-electron chi connectivity index (χ4n) is 1.11. The van der Waals surface area contributed by atoms with Gasteiger partial charge in [-0.3, -0.25) is 4.99 Å². The lowest BCUT2D eigenvalue weighted by Crippen LogP contribution is -1.97. The van der Waals surface area contributed by atoms with Crippen LogP contribution in [0.15, 0.2) is 23.8 Å². The highest BCUT2D eigenvalue weighted by Crippen LogP contribution is 2.11. The normalized spacial score (nSPS) is 11.6. The summed E-state index contributed by atoms with van der Waals surface area (Å²) in [4.78, 5) is 8.69. The molecule has 0 amide bonds. The Hall–Kier alpha value is -1.71. The maximum Gasteiger partial charge on any atom is 0.173 e. The maximum atomic E-state index is 4.40. The number of allylic oxidation sites excluding steroid dienone is 1. The summed E-state index contributed by atoms with van der Waals surface area (Å²) in [6, 6.07) is 0. The van der Waals surface area contributed by atoms with Crippen LogP contribution >= 0.6 is 0 Å². The van der Waals surface area contributed by atoms with E-state index >= 15 is 0 Å². The lowest BCUT2D eigenvalue weighted by Gasteiger charge is -2.01. The van der Waals surface area contributed by atoms with Crippen LogP contribution in [-0.4, -0.2) is 21.0 Å². The molecule has 0 aliphatic carbocycles. The fraction of sp³-hybridized carbons (Fsp3) is 0.462. The van der Waals surface area contributed by atoms with Crippen LogP contribution in [0, 0.1) is 5.92 Å². The predicted molar refractivity (Wildman–Crippen MR) is 72.1 cm³/mol. The minimum absolute atomic E-state index is 0.289. The first-order valence-corrected chi connectivity index (χ1v) is 5.77. The number of aliphatic imine (C=N–C) groups is 1. The summed E-state index contributed by atoms with van der Waals surface area (Å²) in [5, 5.41) is 4.32. The standard InChI is InChI=1S/C13H20N4/c1-7-17-12(8-14-11(6)9(2)3)15-13(16-17)10(4)5/h7-10H,1,6H2,2-5H3/b14-8-. The van der Waals surface area contributed by atoms with Gasteiger partial charge < -0.3 is 0 Å². The molecule has 92 valence electrons. The van der Waals surface area contributed by atoms with E-state index in [1.54, 1.807) is 17.1 Å². The zero-order valence-electron chi connectivity index (χ0n) is 11.0. The SMILES string of the molecule is C=Cn1nc(C(C)C)nc1/C=N\C(=C)C(C)C.